The number of imide groups is 2. The standard InChI is InChI=1S/C45H48ClN7O6/c1-28-24-45(27-52(28)33-7-8-37(47-2)36(46)22-33)13-17-50(18-14-45)32-5-3-30(4-6-32)42(56)51-15-11-29(12-16-51)25-49-19-20-59-39-23-35-34(21-31(39)26-49)43(57)53(44(35)58)38-9-10-40(54)48-41(38)55/h3-8,21-23,28-29,38H,9-20,24-27H2,1H3,(H,48,54,55)/t28-,38?/m0/s1. The Bertz CT molecular complexity index is 2260. The molecule has 0 saturated carbocycles. The summed E-state index contributed by atoms with van der Waals surface area (Å²) in [5, 5.41) is 2.75. The second kappa shape index (κ2) is 15.6. The smallest absolute Gasteiger partial charge is 0.262 e. The summed E-state index contributed by atoms with van der Waals surface area (Å²) in [6, 6.07) is 16.6. The second-order valence-corrected chi connectivity index (χ2v) is 17.6. The van der Waals surface area contributed by atoms with E-state index < -0.39 is 29.7 Å². The number of carbonyl (C=O) groups excluding carboxylic acids is 5. The van der Waals surface area contributed by atoms with Crippen LogP contribution in [0.1, 0.15) is 88.5 Å². The number of hydrogen-bond acceptors (Lipinski definition) is 9. The minimum absolute atomic E-state index is 0.0636. The highest BCUT2D eigenvalue weighted by Crippen LogP contribution is 2.46. The molecule has 13 nitrogen and oxygen atoms in total. The molecule has 59 heavy (non-hydrogen) atoms. The van der Waals surface area contributed by atoms with Crippen molar-refractivity contribution in [1.29, 1.82) is 0 Å². The summed E-state index contributed by atoms with van der Waals surface area (Å²) in [6.45, 7) is 16.4. The van der Waals surface area contributed by atoms with Crippen molar-refractivity contribution in [2.45, 2.75) is 70.5 Å². The van der Waals surface area contributed by atoms with Crippen molar-refractivity contribution in [2.24, 2.45) is 11.3 Å². The molecule has 0 aliphatic carbocycles. The molecule has 2 atom stereocenters. The number of piperidine rings is 3. The number of ether oxygens (including phenoxy) is 1. The molecule has 6 aliphatic heterocycles. The van der Waals surface area contributed by atoms with Gasteiger partial charge in [-0.3, -0.25) is 39.1 Å². The first-order valence-corrected chi connectivity index (χ1v) is 21.2. The van der Waals surface area contributed by atoms with Gasteiger partial charge in [-0.05, 0) is 105 Å². The molecule has 0 radical (unpaired) electrons. The lowest BCUT2D eigenvalue weighted by Gasteiger charge is -2.40. The lowest BCUT2D eigenvalue weighted by molar-refractivity contribution is -0.136. The normalized spacial score (nSPS) is 23.5. The van der Waals surface area contributed by atoms with Crippen molar-refractivity contribution in [1.82, 2.24) is 20.0 Å². The van der Waals surface area contributed by atoms with E-state index in [-0.39, 0.29) is 35.3 Å². The topological polar surface area (TPSA) is 127 Å². The van der Waals surface area contributed by atoms with Crippen molar-refractivity contribution in [3.05, 3.63) is 93.3 Å². The molecular weight excluding hydrogens is 770 g/mol. The molecule has 0 aromatic heterocycles. The Kier molecular flexibility index (Phi) is 10.3. The van der Waals surface area contributed by atoms with Crippen LogP contribution in [-0.4, -0.2) is 109 Å². The summed E-state index contributed by atoms with van der Waals surface area (Å²) >= 11 is 6.39. The number of anilines is 2. The molecule has 6 aliphatic rings. The molecule has 4 fully saturated rings. The fourth-order valence-electron chi connectivity index (χ4n) is 10.3. The van der Waals surface area contributed by atoms with Crippen LogP contribution in [0.3, 0.4) is 0 Å². The van der Waals surface area contributed by atoms with E-state index in [0.29, 0.717) is 66.8 Å². The number of benzene rings is 3. The van der Waals surface area contributed by atoms with Gasteiger partial charge in [0.2, 0.25) is 17.5 Å². The highest BCUT2D eigenvalue weighted by atomic mass is 35.5. The summed E-state index contributed by atoms with van der Waals surface area (Å²) in [7, 11) is 0. The molecule has 3 aromatic carbocycles. The van der Waals surface area contributed by atoms with Gasteiger partial charge < -0.3 is 19.4 Å². The first-order chi connectivity index (χ1) is 28.5. The third-order valence-electron chi connectivity index (χ3n) is 13.6. The van der Waals surface area contributed by atoms with Gasteiger partial charge in [0.15, 0.2) is 0 Å². The van der Waals surface area contributed by atoms with Crippen molar-refractivity contribution < 1.29 is 28.7 Å². The van der Waals surface area contributed by atoms with Gasteiger partial charge in [-0.1, -0.05) is 17.7 Å². The van der Waals surface area contributed by atoms with Gasteiger partial charge in [0.1, 0.15) is 18.4 Å². The number of amides is 5. The number of halogens is 1. The molecular formula is C45H48ClN7O6. The summed E-state index contributed by atoms with van der Waals surface area (Å²) in [4.78, 5) is 78.3. The zero-order valence-corrected chi connectivity index (χ0v) is 34.0. The summed E-state index contributed by atoms with van der Waals surface area (Å²) in [5.41, 5.74) is 4.98. The van der Waals surface area contributed by atoms with Gasteiger partial charge in [0.05, 0.1) is 17.7 Å². The quantitative estimate of drug-likeness (QED) is 0.238. The molecule has 4 saturated heterocycles. The number of nitrogens with one attached hydrogen (secondary N) is 1. The largest absolute Gasteiger partial charge is 0.492 e. The number of nitrogens with zero attached hydrogens (tertiary/aromatic N) is 6. The summed E-state index contributed by atoms with van der Waals surface area (Å²) in [6.07, 6.45) is 5.28. The maximum atomic E-state index is 13.6. The lowest BCUT2D eigenvalue weighted by Crippen LogP contribution is -2.54. The van der Waals surface area contributed by atoms with Crippen LogP contribution in [0.5, 0.6) is 5.75 Å². The van der Waals surface area contributed by atoms with Crippen LogP contribution in [-0.2, 0) is 16.1 Å². The molecule has 14 heteroatoms. The van der Waals surface area contributed by atoms with E-state index in [1.807, 2.05) is 35.2 Å². The highest BCUT2D eigenvalue weighted by molar-refractivity contribution is 6.33. The lowest BCUT2D eigenvalue weighted by atomic mass is 9.76. The van der Waals surface area contributed by atoms with Crippen LogP contribution in [0.25, 0.3) is 4.85 Å². The SMILES string of the molecule is [C-]#[N+]c1ccc(N2CC3(CCN(c4ccc(C(=O)N5CCC(CN6CCOc7cc8c(cc7C6)C(=O)N(C6CCC(=O)NC6=O)C8=O)CC5)cc4)CC3)C[C@@H]2C)cc1Cl. The number of carbonyl (C=O) groups is 5. The van der Waals surface area contributed by atoms with E-state index in [9.17, 15) is 24.0 Å². The predicted octanol–water partition coefficient (Wildman–Crippen LogP) is 5.92. The maximum Gasteiger partial charge on any atom is 0.262 e. The van der Waals surface area contributed by atoms with E-state index in [2.05, 4.69) is 43.9 Å². The van der Waals surface area contributed by atoms with Crippen molar-refractivity contribution in [2.75, 3.05) is 62.2 Å². The Morgan fingerprint density at radius 1 is 0.915 bits per heavy atom. The monoisotopic (exact) mass is 817 g/mol. The number of fused-ring (bicyclic) bond motifs is 2. The van der Waals surface area contributed by atoms with Gasteiger partial charge in [-0.2, -0.15) is 0 Å². The van der Waals surface area contributed by atoms with Gasteiger partial charge in [-0.15, -0.1) is 0 Å². The zero-order chi connectivity index (χ0) is 41.0. The molecule has 306 valence electrons. The fourth-order valence-corrected chi connectivity index (χ4v) is 10.5. The van der Waals surface area contributed by atoms with Crippen LogP contribution in [0.2, 0.25) is 5.02 Å². The predicted molar refractivity (Wildman–Crippen MR) is 222 cm³/mol. The molecule has 6 heterocycles. The highest BCUT2D eigenvalue weighted by Gasteiger charge is 2.46. The molecule has 3 aromatic rings. The minimum Gasteiger partial charge on any atom is -0.492 e. The Morgan fingerprint density at radius 3 is 2.32 bits per heavy atom. The van der Waals surface area contributed by atoms with Crippen molar-refractivity contribution in [3.8, 4) is 5.75 Å². The summed E-state index contributed by atoms with van der Waals surface area (Å²) in [5.74, 6) is -1.08. The first kappa shape index (κ1) is 39.0. The number of hydrogen-bond donors (Lipinski definition) is 1. The average molecular weight is 818 g/mol. The molecule has 5 amide bonds. The van der Waals surface area contributed by atoms with Crippen LogP contribution in [0.15, 0.2) is 54.6 Å². The van der Waals surface area contributed by atoms with Gasteiger partial charge in [0, 0.05) is 92.3 Å². The Morgan fingerprint density at radius 2 is 1.63 bits per heavy atom. The van der Waals surface area contributed by atoms with E-state index in [1.54, 1.807) is 12.1 Å². The van der Waals surface area contributed by atoms with Crippen LogP contribution < -0.4 is 19.9 Å². The van der Waals surface area contributed by atoms with Gasteiger partial charge in [-0.25, -0.2) is 4.85 Å². The third-order valence-corrected chi connectivity index (χ3v) is 13.9. The third kappa shape index (κ3) is 7.42. The van der Waals surface area contributed by atoms with Crippen LogP contribution >= 0.6 is 11.6 Å². The van der Waals surface area contributed by atoms with E-state index >= 15 is 0 Å². The molecule has 0 bridgehead atoms. The second-order valence-electron chi connectivity index (χ2n) is 17.2. The van der Waals surface area contributed by atoms with E-state index in [1.165, 1.54) is 0 Å². The maximum absolute atomic E-state index is 13.6. The number of likely N-dealkylation sites (tertiary alicyclic amines) is 1. The Balaban J connectivity index is 0.760. The molecule has 9 rings (SSSR count). The summed E-state index contributed by atoms with van der Waals surface area (Å²) < 4.78 is 6.08. The molecule has 1 spiro atoms. The minimum atomic E-state index is -1.01. The van der Waals surface area contributed by atoms with Crippen molar-refractivity contribution >= 4 is 58.2 Å². The number of rotatable bonds is 6. The van der Waals surface area contributed by atoms with Gasteiger partial charge in [0.25, 0.3) is 17.7 Å². The van der Waals surface area contributed by atoms with Gasteiger partial charge >= 0.3 is 0 Å². The molecule has 1 N–H and O–H groups in total. The average Bonchev–Trinajstić information content (AvgIpc) is 3.58. The van der Waals surface area contributed by atoms with Crippen LogP contribution in [0.4, 0.5) is 17.1 Å². The molecule has 1 unspecified atom stereocenters. The van der Waals surface area contributed by atoms with Crippen LogP contribution in [0, 0.1) is 17.9 Å². The first-order valence-electron chi connectivity index (χ1n) is 20.8. The van der Waals surface area contributed by atoms with Crippen molar-refractivity contribution in [3.63, 3.8) is 0 Å². The van der Waals surface area contributed by atoms with E-state index in [4.69, 9.17) is 22.9 Å². The Hall–Kier alpha value is -5.45. The Labute approximate surface area is 349 Å². The zero-order valence-electron chi connectivity index (χ0n) is 33.3. The fraction of sp³-hybridized carbons (Fsp3) is 0.467. The van der Waals surface area contributed by atoms with E-state index in [0.717, 1.165) is 80.1 Å².